The van der Waals surface area contributed by atoms with Crippen LogP contribution in [-0.4, -0.2) is 30.5 Å². The number of pyridine rings is 1. The molecule has 3 rings (SSSR count). The highest BCUT2D eigenvalue weighted by molar-refractivity contribution is 14.1. The predicted octanol–water partition coefficient (Wildman–Crippen LogP) is 1.01. The molecule has 0 radical (unpaired) electrons. The maximum Gasteiger partial charge on any atom is 0.227 e. The van der Waals surface area contributed by atoms with Crippen LogP contribution in [0, 0.1) is 9.12 Å². The molecule has 2 fully saturated rings. The predicted molar refractivity (Wildman–Crippen MR) is 69.2 cm³/mol. The van der Waals surface area contributed by atoms with Gasteiger partial charge >= 0.3 is 0 Å². The Morgan fingerprint density at radius 2 is 2.25 bits per heavy atom. The van der Waals surface area contributed by atoms with Crippen molar-refractivity contribution in [3.05, 3.63) is 22.0 Å². The Bertz CT molecular complexity index is 427. The van der Waals surface area contributed by atoms with Crippen LogP contribution in [-0.2, 0) is 4.79 Å². The van der Waals surface area contributed by atoms with Crippen molar-refractivity contribution >= 4 is 34.2 Å². The smallest absolute Gasteiger partial charge is 0.227 e. The Morgan fingerprint density at radius 1 is 1.44 bits per heavy atom. The quantitative estimate of drug-likeness (QED) is 0.618. The molecule has 2 saturated heterocycles. The van der Waals surface area contributed by atoms with E-state index in [0.717, 1.165) is 29.0 Å². The summed E-state index contributed by atoms with van der Waals surface area (Å²) in [5, 5.41) is 3.25. The fraction of sp³-hybridized carbons (Fsp3) is 0.455. The van der Waals surface area contributed by atoms with Gasteiger partial charge in [0.25, 0.3) is 0 Å². The van der Waals surface area contributed by atoms with E-state index in [2.05, 4.69) is 32.9 Å². The molecule has 0 bridgehead atoms. The monoisotopic (exact) mass is 329 g/mol. The molecule has 84 valence electrons. The molecule has 1 aromatic heterocycles. The molecule has 0 aromatic carbocycles. The summed E-state index contributed by atoms with van der Waals surface area (Å²) in [7, 11) is 0. The highest BCUT2D eigenvalue weighted by Gasteiger charge is 2.47. The van der Waals surface area contributed by atoms with Crippen molar-refractivity contribution in [3.8, 4) is 0 Å². The van der Waals surface area contributed by atoms with Crippen LogP contribution in [0.2, 0.25) is 0 Å². The van der Waals surface area contributed by atoms with Crippen LogP contribution in [0.25, 0.3) is 0 Å². The second-order valence-corrected chi connectivity index (χ2v) is 5.70. The van der Waals surface area contributed by atoms with E-state index >= 15 is 0 Å². The zero-order valence-corrected chi connectivity index (χ0v) is 10.9. The summed E-state index contributed by atoms with van der Waals surface area (Å²) in [6, 6.07) is 3.91. The number of nitrogens with zero attached hydrogens (tertiary/aromatic N) is 2. The normalized spacial score (nSPS) is 22.6. The molecule has 0 aliphatic carbocycles. The van der Waals surface area contributed by atoms with Crippen molar-refractivity contribution in [2.45, 2.75) is 6.42 Å². The molecule has 16 heavy (non-hydrogen) atoms. The summed E-state index contributed by atoms with van der Waals surface area (Å²) in [5.41, 5.74) is 1.12. The first kappa shape index (κ1) is 10.5. The van der Waals surface area contributed by atoms with E-state index < -0.39 is 0 Å². The number of halogens is 1. The standard InChI is InChI=1S/C11H12IN3O/c12-9-2-1-8(4-14-9)15-7-11(3-10(15)16)5-13-6-11/h1-2,4,13H,3,5-7H2. The fourth-order valence-corrected chi connectivity index (χ4v) is 2.69. The fourth-order valence-electron chi connectivity index (χ4n) is 2.37. The lowest BCUT2D eigenvalue weighted by Crippen LogP contribution is -2.54. The summed E-state index contributed by atoms with van der Waals surface area (Å²) in [5.74, 6) is 0.226. The Hall–Kier alpha value is -0.690. The number of amides is 1. The Morgan fingerprint density at radius 3 is 2.75 bits per heavy atom. The zero-order chi connectivity index (χ0) is 11.2. The van der Waals surface area contributed by atoms with Crippen molar-refractivity contribution in [2.24, 2.45) is 5.41 Å². The molecule has 1 amide bonds. The van der Waals surface area contributed by atoms with Gasteiger partial charge in [-0.3, -0.25) is 4.79 Å². The van der Waals surface area contributed by atoms with E-state index in [0.29, 0.717) is 6.42 Å². The molecule has 4 nitrogen and oxygen atoms in total. The minimum atomic E-state index is 0.195. The first-order valence-corrected chi connectivity index (χ1v) is 6.39. The second kappa shape index (κ2) is 3.66. The van der Waals surface area contributed by atoms with Gasteiger partial charge in [0.2, 0.25) is 5.91 Å². The molecule has 1 spiro atoms. The van der Waals surface area contributed by atoms with Gasteiger partial charge in [0.1, 0.15) is 3.70 Å². The lowest BCUT2D eigenvalue weighted by Gasteiger charge is -2.38. The van der Waals surface area contributed by atoms with Gasteiger partial charge in [0, 0.05) is 31.5 Å². The highest BCUT2D eigenvalue weighted by Crippen LogP contribution is 2.37. The number of hydrogen-bond acceptors (Lipinski definition) is 3. The van der Waals surface area contributed by atoms with E-state index in [-0.39, 0.29) is 11.3 Å². The molecule has 0 atom stereocenters. The van der Waals surface area contributed by atoms with Crippen LogP contribution in [0.4, 0.5) is 5.69 Å². The zero-order valence-electron chi connectivity index (χ0n) is 8.74. The lowest BCUT2D eigenvalue weighted by molar-refractivity contribution is -0.118. The largest absolute Gasteiger partial charge is 0.315 e. The van der Waals surface area contributed by atoms with Gasteiger partial charge in [-0.05, 0) is 34.7 Å². The van der Waals surface area contributed by atoms with Gasteiger partial charge < -0.3 is 10.2 Å². The van der Waals surface area contributed by atoms with Gasteiger partial charge in [0.15, 0.2) is 0 Å². The number of hydrogen-bond donors (Lipinski definition) is 1. The molecule has 2 aliphatic heterocycles. The molecule has 1 N–H and O–H groups in total. The Labute approximate surface area is 108 Å². The average molecular weight is 329 g/mol. The van der Waals surface area contributed by atoms with Gasteiger partial charge in [-0.15, -0.1) is 0 Å². The number of anilines is 1. The van der Waals surface area contributed by atoms with Crippen molar-refractivity contribution in [2.75, 3.05) is 24.5 Å². The SMILES string of the molecule is O=C1CC2(CNC2)CN1c1ccc(I)nc1. The summed E-state index contributed by atoms with van der Waals surface area (Å²) in [4.78, 5) is 18.0. The van der Waals surface area contributed by atoms with E-state index in [1.54, 1.807) is 6.20 Å². The first-order chi connectivity index (χ1) is 7.69. The maximum absolute atomic E-state index is 11.9. The summed E-state index contributed by atoms with van der Waals surface area (Å²) < 4.78 is 0.952. The summed E-state index contributed by atoms with van der Waals surface area (Å²) in [6.45, 7) is 2.77. The van der Waals surface area contributed by atoms with E-state index in [1.807, 2.05) is 17.0 Å². The maximum atomic E-state index is 11.9. The molecule has 0 unspecified atom stereocenters. The minimum Gasteiger partial charge on any atom is -0.315 e. The Kier molecular flexibility index (Phi) is 2.39. The van der Waals surface area contributed by atoms with Gasteiger partial charge in [-0.25, -0.2) is 4.98 Å². The molecule has 3 heterocycles. The van der Waals surface area contributed by atoms with Crippen molar-refractivity contribution in [3.63, 3.8) is 0 Å². The highest BCUT2D eigenvalue weighted by atomic mass is 127. The molecule has 5 heteroatoms. The molecule has 2 aliphatic rings. The van der Waals surface area contributed by atoms with Crippen LogP contribution in [0.3, 0.4) is 0 Å². The van der Waals surface area contributed by atoms with Gasteiger partial charge in [-0.1, -0.05) is 0 Å². The van der Waals surface area contributed by atoms with E-state index in [9.17, 15) is 4.79 Å². The van der Waals surface area contributed by atoms with Crippen LogP contribution in [0.15, 0.2) is 18.3 Å². The first-order valence-electron chi connectivity index (χ1n) is 5.31. The summed E-state index contributed by atoms with van der Waals surface area (Å²) in [6.07, 6.45) is 2.46. The second-order valence-electron chi connectivity index (χ2n) is 4.60. The molecular formula is C11H12IN3O. The van der Waals surface area contributed by atoms with Crippen LogP contribution >= 0.6 is 22.6 Å². The van der Waals surface area contributed by atoms with Gasteiger partial charge in [0.05, 0.1) is 11.9 Å². The van der Waals surface area contributed by atoms with Gasteiger partial charge in [-0.2, -0.15) is 0 Å². The average Bonchev–Trinajstić information content (AvgIpc) is 2.57. The van der Waals surface area contributed by atoms with E-state index in [1.165, 1.54) is 0 Å². The third-order valence-corrected chi connectivity index (χ3v) is 3.98. The van der Waals surface area contributed by atoms with E-state index in [4.69, 9.17) is 0 Å². The number of carbonyl (C=O) groups excluding carboxylic acids is 1. The number of nitrogens with one attached hydrogen (secondary N) is 1. The van der Waals surface area contributed by atoms with Crippen LogP contribution in [0.1, 0.15) is 6.42 Å². The topological polar surface area (TPSA) is 45.2 Å². The minimum absolute atomic E-state index is 0.195. The lowest BCUT2D eigenvalue weighted by atomic mass is 9.81. The van der Waals surface area contributed by atoms with Crippen LogP contribution in [0.5, 0.6) is 0 Å². The molecule has 1 aromatic rings. The summed E-state index contributed by atoms with van der Waals surface area (Å²) >= 11 is 2.17. The van der Waals surface area contributed by atoms with Crippen molar-refractivity contribution in [1.29, 1.82) is 0 Å². The van der Waals surface area contributed by atoms with Crippen LogP contribution < -0.4 is 10.2 Å². The molecule has 0 saturated carbocycles. The Balaban J connectivity index is 1.85. The third-order valence-electron chi connectivity index (χ3n) is 3.34. The third kappa shape index (κ3) is 1.62. The number of rotatable bonds is 1. The number of aromatic nitrogens is 1. The molecular weight excluding hydrogens is 317 g/mol. The number of carbonyl (C=O) groups is 1. The van der Waals surface area contributed by atoms with Crippen molar-refractivity contribution < 1.29 is 4.79 Å². The van der Waals surface area contributed by atoms with Crippen molar-refractivity contribution in [1.82, 2.24) is 10.3 Å².